The van der Waals surface area contributed by atoms with Gasteiger partial charge in [0.2, 0.25) is 0 Å². The average molecular weight is 309 g/mol. The molecule has 0 aliphatic carbocycles. The molecule has 19 heavy (non-hydrogen) atoms. The van der Waals surface area contributed by atoms with Crippen LogP contribution >= 0.6 is 24.0 Å². The third-order valence-corrected chi connectivity index (χ3v) is 3.63. The minimum Gasteiger partial charge on any atom is -0.506 e. The zero-order chi connectivity index (χ0) is 13.0. The van der Waals surface area contributed by atoms with Crippen molar-refractivity contribution in [3.05, 3.63) is 28.8 Å². The fourth-order valence-corrected chi connectivity index (χ4v) is 2.58. The Bertz CT molecular complexity index is 400. The number of piperazine rings is 1. The molecule has 0 amide bonds. The first kappa shape index (κ1) is 16.5. The highest BCUT2D eigenvalue weighted by Crippen LogP contribution is 2.31. The van der Waals surface area contributed by atoms with Crippen LogP contribution in [0, 0.1) is 0 Å². The van der Waals surface area contributed by atoms with E-state index in [2.05, 4.69) is 10.2 Å². The summed E-state index contributed by atoms with van der Waals surface area (Å²) in [4.78, 5) is 2.26. The fourth-order valence-electron chi connectivity index (χ4n) is 2.39. The Kier molecular flexibility index (Phi) is 6.86. The van der Waals surface area contributed by atoms with E-state index in [1.165, 1.54) is 0 Å². The molecule has 1 fully saturated rings. The van der Waals surface area contributed by atoms with Gasteiger partial charge in [-0.3, -0.25) is 9.29 Å². The van der Waals surface area contributed by atoms with Crippen molar-refractivity contribution in [1.82, 2.24) is 10.2 Å². The summed E-state index contributed by atoms with van der Waals surface area (Å²) in [5, 5.41) is 13.0. The average Bonchev–Trinajstić information content (AvgIpc) is 2.40. The van der Waals surface area contributed by atoms with Crippen molar-refractivity contribution in [2.75, 3.05) is 32.9 Å². The van der Waals surface area contributed by atoms with E-state index in [-0.39, 0.29) is 30.9 Å². The Labute approximate surface area is 124 Å². The van der Waals surface area contributed by atoms with Crippen molar-refractivity contribution in [3.8, 4) is 5.75 Å². The Morgan fingerprint density at radius 3 is 2.63 bits per heavy atom. The highest BCUT2D eigenvalue weighted by atomic mass is 35.5. The first-order valence-electron chi connectivity index (χ1n) is 6.21. The number of nitrogens with zero attached hydrogens (tertiary/aromatic N) is 1. The molecule has 0 aromatic heterocycles. The second kappa shape index (κ2) is 7.90. The van der Waals surface area contributed by atoms with Gasteiger partial charge in [0.25, 0.3) is 0 Å². The highest BCUT2D eigenvalue weighted by molar-refractivity contribution is 6.32. The largest absolute Gasteiger partial charge is 0.506 e. The number of aromatic hydroxyl groups is 1. The summed E-state index contributed by atoms with van der Waals surface area (Å²) in [7, 11) is 0. The van der Waals surface area contributed by atoms with Gasteiger partial charge in [0, 0.05) is 32.2 Å². The van der Waals surface area contributed by atoms with E-state index >= 15 is 0 Å². The Morgan fingerprint density at radius 1 is 1.37 bits per heavy atom. The van der Waals surface area contributed by atoms with Gasteiger partial charge in [-0.1, -0.05) is 17.7 Å². The summed E-state index contributed by atoms with van der Waals surface area (Å²) in [6.45, 7) is 3.31. The summed E-state index contributed by atoms with van der Waals surface area (Å²) in [6, 6.07) is 5.17. The number of hydrogen-bond acceptors (Lipinski definition) is 3. The van der Waals surface area contributed by atoms with E-state index < -0.39 is 0 Å². The van der Waals surface area contributed by atoms with E-state index in [0.29, 0.717) is 11.4 Å². The Morgan fingerprint density at radius 2 is 2.05 bits per heavy atom. The van der Waals surface area contributed by atoms with Gasteiger partial charge in [-0.15, -0.1) is 12.4 Å². The first-order valence-corrected chi connectivity index (χ1v) is 6.59. The van der Waals surface area contributed by atoms with Gasteiger partial charge in [0.05, 0.1) is 11.7 Å². The molecule has 6 heteroatoms. The van der Waals surface area contributed by atoms with Gasteiger partial charge in [0.15, 0.2) is 0 Å². The summed E-state index contributed by atoms with van der Waals surface area (Å²) in [5.41, 5.74) is 0.970. The topological polar surface area (TPSA) is 35.5 Å². The number of halogens is 3. The van der Waals surface area contributed by atoms with Crippen LogP contribution < -0.4 is 5.32 Å². The fraction of sp³-hybridized carbons (Fsp3) is 0.538. The summed E-state index contributed by atoms with van der Waals surface area (Å²) < 4.78 is 12.7. The second-order valence-corrected chi connectivity index (χ2v) is 4.90. The van der Waals surface area contributed by atoms with Gasteiger partial charge >= 0.3 is 0 Å². The lowest BCUT2D eigenvalue weighted by atomic mass is 10.0. The van der Waals surface area contributed by atoms with Crippen molar-refractivity contribution < 1.29 is 9.50 Å². The molecule has 0 unspecified atom stereocenters. The smallest absolute Gasteiger partial charge is 0.134 e. The molecule has 1 atom stereocenters. The molecule has 1 aromatic carbocycles. The zero-order valence-electron chi connectivity index (χ0n) is 10.6. The number of benzene rings is 1. The number of phenols is 1. The summed E-state index contributed by atoms with van der Waals surface area (Å²) in [6.07, 6.45) is 0.459. The minimum absolute atomic E-state index is 0. The maximum absolute atomic E-state index is 12.7. The Balaban J connectivity index is 0.00000180. The first-order chi connectivity index (χ1) is 8.72. The predicted octanol–water partition coefficient (Wildman–Crippen LogP) is 2.77. The van der Waals surface area contributed by atoms with Crippen molar-refractivity contribution in [2.24, 2.45) is 0 Å². The number of hydrogen-bond donors (Lipinski definition) is 2. The molecular weight excluding hydrogens is 290 g/mol. The lowest BCUT2D eigenvalue weighted by Crippen LogP contribution is -2.45. The highest BCUT2D eigenvalue weighted by Gasteiger charge is 2.22. The number of nitrogens with one attached hydrogen (secondary N) is 1. The van der Waals surface area contributed by atoms with Crippen LogP contribution in [0.4, 0.5) is 4.39 Å². The predicted molar refractivity (Wildman–Crippen MR) is 78.1 cm³/mol. The van der Waals surface area contributed by atoms with Crippen molar-refractivity contribution in [2.45, 2.75) is 12.5 Å². The SMILES string of the molecule is Cl.Oc1ccc([C@@H](CCF)N2CCNCC2)cc1Cl. The maximum Gasteiger partial charge on any atom is 0.134 e. The van der Waals surface area contributed by atoms with Crippen molar-refractivity contribution in [3.63, 3.8) is 0 Å². The third-order valence-electron chi connectivity index (χ3n) is 3.33. The van der Waals surface area contributed by atoms with Crippen LogP contribution in [-0.2, 0) is 0 Å². The standard InChI is InChI=1S/C13H18ClFN2O.ClH/c14-11-9-10(1-2-13(11)18)12(3-4-15)17-7-5-16-6-8-17;/h1-2,9,12,16,18H,3-8H2;1H/t12-;/m1./s1. The molecule has 1 saturated heterocycles. The van der Waals surface area contributed by atoms with Crippen molar-refractivity contribution in [1.29, 1.82) is 0 Å². The minimum atomic E-state index is -0.354. The van der Waals surface area contributed by atoms with E-state index in [9.17, 15) is 9.50 Å². The molecule has 0 spiro atoms. The number of rotatable bonds is 4. The molecule has 108 valence electrons. The summed E-state index contributed by atoms with van der Waals surface area (Å²) in [5.74, 6) is 0.0692. The van der Waals surface area contributed by atoms with Gasteiger partial charge in [-0.05, 0) is 24.1 Å². The van der Waals surface area contributed by atoms with Crippen LogP contribution in [-0.4, -0.2) is 42.9 Å². The zero-order valence-corrected chi connectivity index (χ0v) is 12.2. The van der Waals surface area contributed by atoms with Crippen LogP contribution in [0.3, 0.4) is 0 Å². The Hall–Kier alpha value is -0.550. The quantitative estimate of drug-likeness (QED) is 0.898. The van der Waals surface area contributed by atoms with E-state index in [0.717, 1.165) is 31.7 Å². The molecule has 3 nitrogen and oxygen atoms in total. The molecular formula is C13H19Cl2FN2O. The number of phenolic OH excluding ortho intramolecular Hbond substituents is 1. The molecule has 1 heterocycles. The summed E-state index contributed by atoms with van der Waals surface area (Å²) >= 11 is 5.92. The van der Waals surface area contributed by atoms with Crippen LogP contribution in [0.5, 0.6) is 5.75 Å². The number of alkyl halides is 1. The molecule has 0 radical (unpaired) electrons. The molecule has 1 aliphatic rings. The van der Waals surface area contributed by atoms with E-state index in [4.69, 9.17) is 11.6 Å². The molecule has 0 bridgehead atoms. The third kappa shape index (κ3) is 4.21. The normalized spacial score (nSPS) is 17.8. The molecule has 0 saturated carbocycles. The van der Waals surface area contributed by atoms with Gasteiger partial charge < -0.3 is 10.4 Å². The van der Waals surface area contributed by atoms with Crippen molar-refractivity contribution >= 4 is 24.0 Å². The second-order valence-electron chi connectivity index (χ2n) is 4.49. The van der Waals surface area contributed by atoms with Gasteiger partial charge in [-0.2, -0.15) is 0 Å². The van der Waals surface area contributed by atoms with Gasteiger partial charge in [0.1, 0.15) is 5.75 Å². The molecule has 2 N–H and O–H groups in total. The lowest BCUT2D eigenvalue weighted by Gasteiger charge is -2.35. The van der Waals surface area contributed by atoms with Gasteiger partial charge in [-0.25, -0.2) is 0 Å². The molecule has 1 aliphatic heterocycles. The van der Waals surface area contributed by atoms with Crippen LogP contribution in [0.2, 0.25) is 5.02 Å². The maximum atomic E-state index is 12.7. The van der Waals surface area contributed by atoms with E-state index in [1.54, 1.807) is 12.1 Å². The lowest BCUT2D eigenvalue weighted by molar-refractivity contribution is 0.157. The molecule has 2 rings (SSSR count). The van der Waals surface area contributed by atoms with Crippen LogP contribution in [0.25, 0.3) is 0 Å². The monoisotopic (exact) mass is 308 g/mol. The van der Waals surface area contributed by atoms with Crippen LogP contribution in [0.15, 0.2) is 18.2 Å². The molecule has 1 aromatic rings. The van der Waals surface area contributed by atoms with E-state index in [1.807, 2.05) is 6.07 Å². The van der Waals surface area contributed by atoms with Crippen LogP contribution in [0.1, 0.15) is 18.0 Å².